The van der Waals surface area contributed by atoms with E-state index in [2.05, 4.69) is 18.5 Å². The zero-order valence-corrected chi connectivity index (χ0v) is 16.9. The Bertz CT molecular complexity index is 701. The molecule has 1 heterocycles. The fourth-order valence-electron chi connectivity index (χ4n) is 3.84. The monoisotopic (exact) mass is 355 g/mol. The summed E-state index contributed by atoms with van der Waals surface area (Å²) in [6.45, 7) is 2.28. The van der Waals surface area contributed by atoms with Crippen LogP contribution in [0.1, 0.15) is 89.7 Å². The number of nitrogens with zero attached hydrogens (tertiary/aromatic N) is 1. The molecule has 2 heteroatoms. The van der Waals surface area contributed by atoms with Gasteiger partial charge >= 0.3 is 0 Å². The molecule has 2 nitrogen and oxygen atoms in total. The third-order valence-electron chi connectivity index (χ3n) is 5.55. The highest BCUT2D eigenvalue weighted by Crippen LogP contribution is 2.15. The molecular weight excluding hydrogens is 318 g/mol. The van der Waals surface area contributed by atoms with Crippen LogP contribution in [0.25, 0.3) is 10.9 Å². The number of pyridine rings is 1. The lowest BCUT2D eigenvalue weighted by Crippen LogP contribution is -2.11. The van der Waals surface area contributed by atoms with Gasteiger partial charge in [0.1, 0.15) is 0 Å². The molecule has 0 N–H and O–H groups in total. The normalized spacial score (nSPS) is 11.3. The smallest absolute Gasteiger partial charge is 0.189 e. The maximum absolute atomic E-state index is 12.3. The Morgan fingerprint density at radius 1 is 0.769 bits per heavy atom. The van der Waals surface area contributed by atoms with Gasteiger partial charge in [0.15, 0.2) is 5.43 Å². The van der Waals surface area contributed by atoms with Gasteiger partial charge in [-0.25, -0.2) is 0 Å². The van der Waals surface area contributed by atoms with Gasteiger partial charge in [0.05, 0.1) is 5.52 Å². The first-order chi connectivity index (χ1) is 12.7. The van der Waals surface area contributed by atoms with Crippen LogP contribution in [-0.4, -0.2) is 4.57 Å². The van der Waals surface area contributed by atoms with Gasteiger partial charge in [-0.1, -0.05) is 89.7 Å². The van der Waals surface area contributed by atoms with Crippen LogP contribution in [0.15, 0.2) is 35.1 Å². The van der Waals surface area contributed by atoms with Crippen molar-refractivity contribution in [3.63, 3.8) is 0 Å². The Kier molecular flexibility index (Phi) is 9.52. The molecule has 2 rings (SSSR count). The number of benzene rings is 1. The first kappa shape index (κ1) is 20.7. The zero-order chi connectivity index (χ0) is 18.6. The van der Waals surface area contributed by atoms with Gasteiger partial charge in [0, 0.05) is 24.2 Å². The van der Waals surface area contributed by atoms with Gasteiger partial charge in [-0.15, -0.1) is 0 Å². The summed E-state index contributed by atoms with van der Waals surface area (Å²) in [6.07, 6.45) is 17.4. The lowest BCUT2D eigenvalue weighted by atomic mass is 10.0. The number of fused-ring (bicyclic) bond motifs is 1. The number of para-hydroxylation sites is 1. The molecule has 0 unspecified atom stereocenters. The standard InChI is InChI=1S/C24H37NO/c1-3-4-5-6-7-8-9-10-11-12-13-14-17-21-20-24(26)22-18-15-16-19-23(22)25(21)2/h15-16,18-20H,3-14,17H2,1-2H3. The Morgan fingerprint density at radius 3 is 1.92 bits per heavy atom. The van der Waals surface area contributed by atoms with Crippen LogP contribution in [0.3, 0.4) is 0 Å². The number of hydrogen-bond acceptors (Lipinski definition) is 1. The van der Waals surface area contributed by atoms with E-state index in [1.807, 2.05) is 30.3 Å². The quantitative estimate of drug-likeness (QED) is 0.363. The molecule has 2 aromatic rings. The Balaban J connectivity index is 1.60. The summed E-state index contributed by atoms with van der Waals surface area (Å²) in [5.74, 6) is 0. The van der Waals surface area contributed by atoms with E-state index < -0.39 is 0 Å². The SMILES string of the molecule is CCCCCCCCCCCCCCc1cc(=O)c2ccccc2n1C. The van der Waals surface area contributed by atoms with E-state index in [0.29, 0.717) is 0 Å². The Labute approximate surface area is 159 Å². The largest absolute Gasteiger partial charge is 0.347 e. The lowest BCUT2D eigenvalue weighted by molar-refractivity contribution is 0.542. The van der Waals surface area contributed by atoms with Crippen LogP contribution in [0.2, 0.25) is 0 Å². The second kappa shape index (κ2) is 11.9. The summed E-state index contributed by atoms with van der Waals surface area (Å²) in [4.78, 5) is 12.3. The highest BCUT2D eigenvalue weighted by atomic mass is 16.1. The zero-order valence-electron chi connectivity index (χ0n) is 16.9. The van der Waals surface area contributed by atoms with Crippen molar-refractivity contribution >= 4 is 10.9 Å². The van der Waals surface area contributed by atoms with Crippen molar-refractivity contribution in [2.24, 2.45) is 7.05 Å². The molecule has 0 radical (unpaired) electrons. The van der Waals surface area contributed by atoms with E-state index in [1.54, 1.807) is 0 Å². The number of aromatic nitrogens is 1. The van der Waals surface area contributed by atoms with E-state index >= 15 is 0 Å². The highest BCUT2D eigenvalue weighted by molar-refractivity contribution is 5.79. The van der Waals surface area contributed by atoms with Crippen molar-refractivity contribution in [2.45, 2.75) is 90.4 Å². The molecule has 1 aromatic carbocycles. The summed E-state index contributed by atoms with van der Waals surface area (Å²) < 4.78 is 2.19. The van der Waals surface area contributed by atoms with Crippen LogP contribution < -0.4 is 5.43 Å². The summed E-state index contributed by atoms with van der Waals surface area (Å²) in [6, 6.07) is 9.75. The van der Waals surface area contributed by atoms with Crippen LogP contribution in [0.5, 0.6) is 0 Å². The second-order valence-electron chi connectivity index (χ2n) is 7.72. The van der Waals surface area contributed by atoms with Crippen molar-refractivity contribution in [1.82, 2.24) is 4.57 Å². The summed E-state index contributed by atoms with van der Waals surface area (Å²) in [5, 5.41) is 0.827. The Morgan fingerprint density at radius 2 is 1.31 bits per heavy atom. The van der Waals surface area contributed by atoms with Gasteiger partial charge in [-0.05, 0) is 25.0 Å². The van der Waals surface area contributed by atoms with E-state index in [0.717, 1.165) is 17.3 Å². The average Bonchev–Trinajstić information content (AvgIpc) is 2.66. The van der Waals surface area contributed by atoms with E-state index in [-0.39, 0.29) is 5.43 Å². The molecule has 0 saturated heterocycles. The van der Waals surface area contributed by atoms with Gasteiger partial charge in [0.2, 0.25) is 0 Å². The number of unbranched alkanes of at least 4 members (excludes halogenated alkanes) is 11. The minimum atomic E-state index is 0.160. The van der Waals surface area contributed by atoms with E-state index in [1.165, 1.54) is 82.7 Å². The fraction of sp³-hybridized carbons (Fsp3) is 0.625. The number of rotatable bonds is 13. The molecule has 0 aliphatic rings. The molecular formula is C24H37NO. The first-order valence-electron chi connectivity index (χ1n) is 10.8. The topological polar surface area (TPSA) is 22.0 Å². The van der Waals surface area contributed by atoms with Gasteiger partial charge in [-0.2, -0.15) is 0 Å². The maximum Gasteiger partial charge on any atom is 0.189 e. The second-order valence-corrected chi connectivity index (χ2v) is 7.72. The molecule has 0 saturated carbocycles. The molecule has 0 aliphatic heterocycles. The highest BCUT2D eigenvalue weighted by Gasteiger charge is 2.05. The molecule has 0 amide bonds. The van der Waals surface area contributed by atoms with Crippen LogP contribution in [-0.2, 0) is 13.5 Å². The molecule has 0 atom stereocenters. The number of hydrogen-bond donors (Lipinski definition) is 0. The molecule has 26 heavy (non-hydrogen) atoms. The van der Waals surface area contributed by atoms with Crippen molar-refractivity contribution < 1.29 is 0 Å². The van der Waals surface area contributed by atoms with Crippen molar-refractivity contribution in [3.05, 3.63) is 46.2 Å². The summed E-state index contributed by atoms with van der Waals surface area (Å²) in [5.41, 5.74) is 2.38. The predicted octanol–water partition coefficient (Wildman–Crippen LogP) is 6.78. The summed E-state index contributed by atoms with van der Waals surface area (Å²) >= 11 is 0. The van der Waals surface area contributed by atoms with Gasteiger partial charge < -0.3 is 4.57 Å². The minimum Gasteiger partial charge on any atom is -0.347 e. The number of aryl methyl sites for hydroxylation is 2. The fourth-order valence-corrected chi connectivity index (χ4v) is 3.84. The summed E-state index contributed by atoms with van der Waals surface area (Å²) in [7, 11) is 2.08. The lowest BCUT2D eigenvalue weighted by Gasteiger charge is -2.12. The van der Waals surface area contributed by atoms with Crippen LogP contribution >= 0.6 is 0 Å². The maximum atomic E-state index is 12.3. The molecule has 0 aliphatic carbocycles. The third kappa shape index (κ3) is 6.63. The predicted molar refractivity (Wildman–Crippen MR) is 114 cm³/mol. The van der Waals surface area contributed by atoms with E-state index in [4.69, 9.17) is 0 Å². The Hall–Kier alpha value is -1.57. The minimum absolute atomic E-state index is 0.160. The van der Waals surface area contributed by atoms with Crippen molar-refractivity contribution in [1.29, 1.82) is 0 Å². The molecule has 0 spiro atoms. The van der Waals surface area contributed by atoms with Gasteiger partial charge in [-0.3, -0.25) is 4.79 Å². The van der Waals surface area contributed by atoms with Gasteiger partial charge in [0.25, 0.3) is 0 Å². The molecule has 0 bridgehead atoms. The van der Waals surface area contributed by atoms with Crippen LogP contribution in [0, 0.1) is 0 Å². The molecule has 1 aromatic heterocycles. The third-order valence-corrected chi connectivity index (χ3v) is 5.55. The van der Waals surface area contributed by atoms with E-state index in [9.17, 15) is 4.79 Å². The van der Waals surface area contributed by atoms with Crippen molar-refractivity contribution in [2.75, 3.05) is 0 Å². The first-order valence-corrected chi connectivity index (χ1v) is 10.8. The average molecular weight is 356 g/mol. The molecule has 0 fully saturated rings. The van der Waals surface area contributed by atoms with Crippen molar-refractivity contribution in [3.8, 4) is 0 Å². The van der Waals surface area contributed by atoms with Crippen LogP contribution in [0.4, 0.5) is 0 Å². The molecule has 144 valence electrons.